The average molecular weight is 338 g/mol. The molecule has 8 heteroatoms. The molecule has 5 nitrogen and oxygen atoms in total. The molecule has 1 amide bonds. The molecule has 0 saturated heterocycles. The highest BCUT2D eigenvalue weighted by molar-refractivity contribution is 5.93. The van der Waals surface area contributed by atoms with Crippen LogP contribution in [0.1, 0.15) is 21.7 Å². The minimum Gasteiger partial charge on any atom is -0.324 e. The summed E-state index contributed by atoms with van der Waals surface area (Å²) in [5, 5.41) is 7.66. The summed E-state index contributed by atoms with van der Waals surface area (Å²) in [6.45, 7) is 5.31. The van der Waals surface area contributed by atoms with E-state index in [1.807, 2.05) is 19.1 Å². The summed E-state index contributed by atoms with van der Waals surface area (Å²) in [6.07, 6.45) is -3.26. The van der Waals surface area contributed by atoms with Gasteiger partial charge in [0.2, 0.25) is 0 Å². The zero-order chi connectivity index (χ0) is 17.9. The van der Waals surface area contributed by atoms with Gasteiger partial charge in [0, 0.05) is 6.54 Å². The lowest BCUT2D eigenvalue weighted by molar-refractivity contribution is -0.139. The number of hydrogen-bond acceptors (Lipinski definition) is 3. The first-order valence-electron chi connectivity index (χ1n) is 7.19. The topological polar surface area (TPSA) is 51.0 Å². The largest absolute Gasteiger partial charge is 0.406 e. The molecule has 0 saturated carbocycles. The number of amides is 1. The molecule has 0 atom stereocenters. The van der Waals surface area contributed by atoms with Crippen molar-refractivity contribution >= 4 is 5.91 Å². The second-order valence-corrected chi connectivity index (χ2v) is 5.36. The quantitative estimate of drug-likeness (QED) is 0.787. The summed E-state index contributed by atoms with van der Waals surface area (Å²) in [5.41, 5.74) is 1.99. The van der Waals surface area contributed by atoms with Crippen molar-refractivity contribution < 1.29 is 18.0 Å². The van der Waals surface area contributed by atoms with Crippen LogP contribution in [0.5, 0.6) is 0 Å². The lowest BCUT2D eigenvalue weighted by atomic mass is 10.2. The van der Waals surface area contributed by atoms with Gasteiger partial charge >= 0.3 is 6.18 Å². The highest BCUT2D eigenvalue weighted by Crippen LogP contribution is 2.19. The van der Waals surface area contributed by atoms with Gasteiger partial charge in [-0.05, 0) is 26.0 Å². The fraction of sp³-hybridized carbons (Fsp3) is 0.312. The van der Waals surface area contributed by atoms with Crippen molar-refractivity contribution in [2.75, 3.05) is 13.1 Å². The maximum Gasteiger partial charge on any atom is 0.406 e. The van der Waals surface area contributed by atoms with Gasteiger partial charge in [-0.15, -0.1) is 11.7 Å². The molecule has 2 aromatic rings. The number of hydrogen-bond donors (Lipinski definition) is 0. The second-order valence-electron chi connectivity index (χ2n) is 5.36. The van der Waals surface area contributed by atoms with E-state index in [0.29, 0.717) is 16.3 Å². The van der Waals surface area contributed by atoms with E-state index in [1.54, 1.807) is 19.1 Å². The van der Waals surface area contributed by atoms with E-state index in [1.165, 1.54) is 10.8 Å². The van der Waals surface area contributed by atoms with Gasteiger partial charge in [0.05, 0.1) is 11.4 Å². The van der Waals surface area contributed by atoms with Crippen molar-refractivity contribution in [1.82, 2.24) is 19.9 Å². The van der Waals surface area contributed by atoms with Crippen LogP contribution in [0.25, 0.3) is 5.69 Å². The molecule has 1 aromatic heterocycles. The number of rotatable bonds is 5. The number of benzene rings is 1. The minimum atomic E-state index is -4.50. The summed E-state index contributed by atoms with van der Waals surface area (Å²) in [5.74, 6) is -0.830. The predicted molar refractivity (Wildman–Crippen MR) is 83.0 cm³/mol. The Kier molecular flexibility index (Phi) is 5.06. The van der Waals surface area contributed by atoms with Gasteiger partial charge in [-0.2, -0.15) is 13.2 Å². The average Bonchev–Trinajstić information content (AvgIpc) is 2.87. The molecule has 0 fully saturated rings. The number of aryl methyl sites for hydroxylation is 1. The fourth-order valence-corrected chi connectivity index (χ4v) is 2.20. The van der Waals surface area contributed by atoms with Crippen molar-refractivity contribution in [3.8, 4) is 5.69 Å². The Morgan fingerprint density at radius 3 is 2.46 bits per heavy atom. The van der Waals surface area contributed by atoms with Crippen molar-refractivity contribution in [2.24, 2.45) is 0 Å². The van der Waals surface area contributed by atoms with Crippen LogP contribution in [-0.2, 0) is 0 Å². The van der Waals surface area contributed by atoms with E-state index in [4.69, 9.17) is 0 Å². The first kappa shape index (κ1) is 17.7. The third-order valence-corrected chi connectivity index (χ3v) is 3.38. The molecule has 0 aliphatic heterocycles. The Balaban J connectivity index is 2.32. The van der Waals surface area contributed by atoms with Crippen LogP contribution in [-0.4, -0.2) is 45.1 Å². The van der Waals surface area contributed by atoms with E-state index >= 15 is 0 Å². The Labute approximate surface area is 137 Å². The number of aromatic nitrogens is 3. The number of alkyl halides is 3. The van der Waals surface area contributed by atoms with Crippen LogP contribution in [0.3, 0.4) is 0 Å². The number of carbonyl (C=O) groups is 1. The van der Waals surface area contributed by atoms with Gasteiger partial charge in [0.25, 0.3) is 5.91 Å². The van der Waals surface area contributed by atoms with Crippen molar-refractivity contribution in [1.29, 1.82) is 0 Å². The van der Waals surface area contributed by atoms with Gasteiger partial charge in [-0.3, -0.25) is 4.79 Å². The van der Waals surface area contributed by atoms with E-state index in [0.717, 1.165) is 5.56 Å². The second kappa shape index (κ2) is 6.86. The van der Waals surface area contributed by atoms with Crippen LogP contribution in [0.15, 0.2) is 36.9 Å². The summed E-state index contributed by atoms with van der Waals surface area (Å²) in [7, 11) is 0. The highest BCUT2D eigenvalue weighted by Gasteiger charge is 2.34. The summed E-state index contributed by atoms with van der Waals surface area (Å²) in [4.78, 5) is 13.0. The molecule has 1 heterocycles. The zero-order valence-corrected chi connectivity index (χ0v) is 13.3. The first-order chi connectivity index (χ1) is 11.2. The molecule has 0 aliphatic rings. The SMILES string of the molecule is C=CCN(CC(F)(F)F)C(=O)c1nnn(-c2ccc(C)cc2)c1C. The van der Waals surface area contributed by atoms with Gasteiger partial charge < -0.3 is 4.90 Å². The van der Waals surface area contributed by atoms with Crippen molar-refractivity contribution in [3.05, 3.63) is 53.9 Å². The molecule has 0 bridgehead atoms. The van der Waals surface area contributed by atoms with E-state index < -0.39 is 18.6 Å². The predicted octanol–water partition coefficient (Wildman–Crippen LogP) is 3.07. The summed E-state index contributed by atoms with van der Waals surface area (Å²) in [6, 6.07) is 7.32. The normalized spacial score (nSPS) is 11.4. The number of nitrogens with zero attached hydrogens (tertiary/aromatic N) is 4. The molecule has 2 rings (SSSR count). The molecule has 24 heavy (non-hydrogen) atoms. The molecule has 0 radical (unpaired) electrons. The smallest absolute Gasteiger partial charge is 0.324 e. The molecule has 0 spiro atoms. The minimum absolute atomic E-state index is 0.110. The molecule has 0 N–H and O–H groups in total. The Hall–Kier alpha value is -2.64. The molecule has 1 aromatic carbocycles. The Morgan fingerprint density at radius 1 is 1.29 bits per heavy atom. The van der Waals surface area contributed by atoms with Gasteiger partial charge in [-0.25, -0.2) is 4.68 Å². The third kappa shape index (κ3) is 4.01. The highest BCUT2D eigenvalue weighted by atomic mass is 19.4. The van der Waals surface area contributed by atoms with Crippen molar-refractivity contribution in [2.45, 2.75) is 20.0 Å². The van der Waals surface area contributed by atoms with E-state index in [9.17, 15) is 18.0 Å². The number of halogens is 3. The summed E-state index contributed by atoms with van der Waals surface area (Å²) < 4.78 is 39.4. The molecular formula is C16H17F3N4O. The third-order valence-electron chi connectivity index (χ3n) is 3.38. The van der Waals surface area contributed by atoms with Crippen LogP contribution < -0.4 is 0 Å². The van der Waals surface area contributed by atoms with Crippen LogP contribution in [0, 0.1) is 13.8 Å². The van der Waals surface area contributed by atoms with Gasteiger partial charge in [0.1, 0.15) is 6.54 Å². The summed E-state index contributed by atoms with van der Waals surface area (Å²) >= 11 is 0. The Bertz CT molecular complexity index is 735. The number of carbonyl (C=O) groups excluding carboxylic acids is 1. The maximum absolute atomic E-state index is 12.6. The standard InChI is InChI=1S/C16H17F3N4O/c1-4-9-22(10-16(17,18)19)15(24)14-12(3)23(21-20-14)13-7-5-11(2)6-8-13/h4-8H,1,9-10H2,2-3H3. The monoisotopic (exact) mass is 338 g/mol. The van der Waals surface area contributed by atoms with Crippen molar-refractivity contribution in [3.63, 3.8) is 0 Å². The lowest BCUT2D eigenvalue weighted by Gasteiger charge is -2.21. The molecule has 0 unspecified atom stereocenters. The van der Waals surface area contributed by atoms with Gasteiger partial charge in [-0.1, -0.05) is 29.0 Å². The van der Waals surface area contributed by atoms with Crippen LogP contribution in [0.2, 0.25) is 0 Å². The lowest BCUT2D eigenvalue weighted by Crippen LogP contribution is -2.39. The van der Waals surface area contributed by atoms with E-state index in [-0.39, 0.29) is 12.2 Å². The van der Waals surface area contributed by atoms with E-state index in [2.05, 4.69) is 16.9 Å². The maximum atomic E-state index is 12.6. The van der Waals surface area contributed by atoms with Crippen LogP contribution in [0.4, 0.5) is 13.2 Å². The van der Waals surface area contributed by atoms with Crippen LogP contribution >= 0.6 is 0 Å². The molecule has 128 valence electrons. The molecular weight excluding hydrogens is 321 g/mol. The fourth-order valence-electron chi connectivity index (χ4n) is 2.20. The first-order valence-corrected chi connectivity index (χ1v) is 7.19. The molecule has 0 aliphatic carbocycles. The zero-order valence-electron chi connectivity index (χ0n) is 13.3. The van der Waals surface area contributed by atoms with Gasteiger partial charge in [0.15, 0.2) is 5.69 Å². The Morgan fingerprint density at radius 2 is 1.92 bits per heavy atom.